The molecule has 1 atom stereocenters. The molecule has 3 aromatic carbocycles. The number of esters is 1. The minimum atomic E-state index is -1.10. The molecule has 0 saturated heterocycles. The molecule has 0 spiro atoms. The molecule has 0 aliphatic rings. The first-order chi connectivity index (χ1) is 16.9. The number of hydrogen-bond acceptors (Lipinski definition) is 6. The number of methoxy groups -OCH3 is 1. The van der Waals surface area contributed by atoms with Gasteiger partial charge in [0.2, 0.25) is 0 Å². The fourth-order valence-electron chi connectivity index (χ4n) is 3.63. The molecule has 3 aromatic rings. The number of nitrogens with zero attached hydrogens (tertiary/aromatic N) is 1. The standard InChI is InChI=1S/C28H31NO6/c1-29(2)18-25(35-28(32)23-9-6-8-22(17-23)27(30)31)19-34-26-10-5-4-7-21(26)14-11-20-12-15-24(33-3)16-13-20/h4-10,12-13,15-17,25H,11,14,18-19H2,1-3H3,(H,30,31)/t25-/m0/s1. The Bertz CT molecular complexity index is 1130. The number of carbonyl (C=O) groups is 2. The summed E-state index contributed by atoms with van der Waals surface area (Å²) in [5.74, 6) is -0.113. The van der Waals surface area contributed by atoms with Crippen LogP contribution in [0.5, 0.6) is 11.5 Å². The van der Waals surface area contributed by atoms with Crippen LogP contribution in [0, 0.1) is 0 Å². The number of para-hydroxylation sites is 1. The van der Waals surface area contributed by atoms with E-state index in [9.17, 15) is 14.7 Å². The lowest BCUT2D eigenvalue weighted by Gasteiger charge is -2.22. The Balaban J connectivity index is 1.65. The van der Waals surface area contributed by atoms with Crippen molar-refractivity contribution in [2.24, 2.45) is 0 Å². The number of ether oxygens (including phenoxy) is 3. The number of carboxylic acid groups (broad SMARTS) is 1. The highest BCUT2D eigenvalue weighted by Gasteiger charge is 2.19. The second-order valence-electron chi connectivity index (χ2n) is 8.44. The Hall–Kier alpha value is -3.84. The van der Waals surface area contributed by atoms with Crippen molar-refractivity contribution in [2.75, 3.05) is 34.4 Å². The van der Waals surface area contributed by atoms with Gasteiger partial charge in [-0.1, -0.05) is 36.4 Å². The number of rotatable bonds is 12. The third-order valence-electron chi connectivity index (χ3n) is 5.43. The molecule has 0 unspecified atom stereocenters. The Morgan fingerprint density at radius 1 is 0.914 bits per heavy atom. The van der Waals surface area contributed by atoms with Gasteiger partial charge in [-0.15, -0.1) is 0 Å². The summed E-state index contributed by atoms with van der Waals surface area (Å²) in [4.78, 5) is 25.8. The third kappa shape index (κ3) is 7.86. The predicted octanol–water partition coefficient (Wildman–Crippen LogP) is 4.34. The monoisotopic (exact) mass is 477 g/mol. The van der Waals surface area contributed by atoms with Crippen molar-refractivity contribution in [1.29, 1.82) is 0 Å². The van der Waals surface area contributed by atoms with Gasteiger partial charge < -0.3 is 24.2 Å². The molecule has 0 aromatic heterocycles. The van der Waals surface area contributed by atoms with Crippen LogP contribution in [0.25, 0.3) is 0 Å². The van der Waals surface area contributed by atoms with Crippen LogP contribution in [0.1, 0.15) is 31.8 Å². The highest BCUT2D eigenvalue weighted by atomic mass is 16.6. The zero-order valence-corrected chi connectivity index (χ0v) is 20.3. The molecular formula is C28H31NO6. The van der Waals surface area contributed by atoms with Gasteiger partial charge in [0.1, 0.15) is 24.2 Å². The minimum Gasteiger partial charge on any atom is -0.497 e. The van der Waals surface area contributed by atoms with Crippen molar-refractivity contribution in [3.63, 3.8) is 0 Å². The van der Waals surface area contributed by atoms with E-state index in [1.165, 1.54) is 29.8 Å². The van der Waals surface area contributed by atoms with Crippen LogP contribution in [0.4, 0.5) is 0 Å². The van der Waals surface area contributed by atoms with Crippen molar-refractivity contribution in [3.05, 3.63) is 95.1 Å². The lowest BCUT2D eigenvalue weighted by molar-refractivity contribution is 0.0103. The van der Waals surface area contributed by atoms with Gasteiger partial charge in [0.25, 0.3) is 0 Å². The summed E-state index contributed by atoms with van der Waals surface area (Å²) >= 11 is 0. The van der Waals surface area contributed by atoms with Gasteiger partial charge in [0.05, 0.1) is 18.2 Å². The topological polar surface area (TPSA) is 85.3 Å². The first-order valence-electron chi connectivity index (χ1n) is 11.4. The molecule has 184 valence electrons. The quantitative estimate of drug-likeness (QED) is 0.388. The first kappa shape index (κ1) is 25.8. The Morgan fingerprint density at radius 3 is 2.31 bits per heavy atom. The average Bonchev–Trinajstić information content (AvgIpc) is 2.86. The van der Waals surface area contributed by atoms with Crippen molar-refractivity contribution in [2.45, 2.75) is 18.9 Å². The summed E-state index contributed by atoms with van der Waals surface area (Å²) < 4.78 is 17.0. The number of carbonyl (C=O) groups excluding carboxylic acids is 1. The van der Waals surface area contributed by atoms with E-state index in [0.29, 0.717) is 6.54 Å². The second-order valence-corrected chi connectivity index (χ2v) is 8.44. The molecule has 7 heteroatoms. The average molecular weight is 478 g/mol. The summed E-state index contributed by atoms with van der Waals surface area (Å²) in [6, 6.07) is 21.6. The van der Waals surface area contributed by atoms with Crippen LogP contribution in [0.3, 0.4) is 0 Å². The van der Waals surface area contributed by atoms with Crippen LogP contribution in [-0.4, -0.2) is 62.4 Å². The molecular weight excluding hydrogens is 446 g/mol. The summed E-state index contributed by atoms with van der Waals surface area (Å²) in [6.07, 6.45) is 1.10. The van der Waals surface area contributed by atoms with E-state index in [2.05, 4.69) is 0 Å². The molecule has 0 aliphatic heterocycles. The van der Waals surface area contributed by atoms with Crippen molar-refractivity contribution < 1.29 is 28.9 Å². The molecule has 3 rings (SSSR count). The van der Waals surface area contributed by atoms with Gasteiger partial charge in [0, 0.05) is 6.54 Å². The summed E-state index contributed by atoms with van der Waals surface area (Å²) in [5, 5.41) is 9.18. The molecule has 0 heterocycles. The Labute approximate surface area is 205 Å². The van der Waals surface area contributed by atoms with E-state index in [1.807, 2.05) is 67.5 Å². The second kappa shape index (κ2) is 12.6. The zero-order valence-electron chi connectivity index (χ0n) is 20.3. The van der Waals surface area contributed by atoms with E-state index in [1.54, 1.807) is 7.11 Å². The number of likely N-dealkylation sites (N-methyl/N-ethyl adjacent to an activating group) is 1. The lowest BCUT2D eigenvalue weighted by Crippen LogP contribution is -2.35. The van der Waals surface area contributed by atoms with Gasteiger partial charge >= 0.3 is 11.9 Å². The maximum atomic E-state index is 12.7. The van der Waals surface area contributed by atoms with Crippen LogP contribution >= 0.6 is 0 Å². The maximum Gasteiger partial charge on any atom is 0.338 e. The van der Waals surface area contributed by atoms with Crippen LogP contribution in [0.15, 0.2) is 72.8 Å². The molecule has 0 fully saturated rings. The Kier molecular flexibility index (Phi) is 9.26. The van der Waals surface area contributed by atoms with Crippen LogP contribution in [0.2, 0.25) is 0 Å². The minimum absolute atomic E-state index is 0.0330. The van der Waals surface area contributed by atoms with E-state index in [4.69, 9.17) is 14.2 Å². The lowest BCUT2D eigenvalue weighted by atomic mass is 10.0. The van der Waals surface area contributed by atoms with Crippen LogP contribution < -0.4 is 9.47 Å². The van der Waals surface area contributed by atoms with E-state index in [0.717, 1.165) is 29.9 Å². The predicted molar refractivity (Wildman–Crippen MR) is 133 cm³/mol. The van der Waals surface area contributed by atoms with Crippen LogP contribution in [-0.2, 0) is 17.6 Å². The molecule has 0 aliphatic carbocycles. The number of hydrogen-bond donors (Lipinski definition) is 1. The number of carboxylic acids is 1. The summed E-state index contributed by atoms with van der Waals surface area (Å²) in [7, 11) is 5.42. The molecule has 0 saturated carbocycles. The number of aromatic carboxylic acids is 1. The SMILES string of the molecule is COc1ccc(CCc2ccccc2OC[C@H](CN(C)C)OC(=O)c2cccc(C(=O)O)c2)cc1. The first-order valence-corrected chi connectivity index (χ1v) is 11.4. The van der Waals surface area contributed by atoms with Gasteiger partial charge in [-0.05, 0) is 74.5 Å². The summed E-state index contributed by atoms with van der Waals surface area (Å²) in [5.41, 5.74) is 2.48. The zero-order chi connectivity index (χ0) is 25.2. The van der Waals surface area contributed by atoms with E-state index >= 15 is 0 Å². The highest BCUT2D eigenvalue weighted by molar-refractivity contribution is 5.94. The van der Waals surface area contributed by atoms with Gasteiger partial charge in [0.15, 0.2) is 0 Å². The van der Waals surface area contributed by atoms with Gasteiger partial charge in [-0.3, -0.25) is 0 Å². The van der Waals surface area contributed by atoms with Gasteiger partial charge in [-0.25, -0.2) is 9.59 Å². The van der Waals surface area contributed by atoms with Gasteiger partial charge in [-0.2, -0.15) is 0 Å². The third-order valence-corrected chi connectivity index (χ3v) is 5.43. The van der Waals surface area contributed by atoms with Crippen molar-refractivity contribution >= 4 is 11.9 Å². The molecule has 35 heavy (non-hydrogen) atoms. The van der Waals surface area contributed by atoms with Crippen molar-refractivity contribution in [1.82, 2.24) is 4.90 Å². The fraction of sp³-hybridized carbons (Fsp3) is 0.286. The maximum absolute atomic E-state index is 12.7. The number of aryl methyl sites for hydroxylation is 2. The molecule has 7 nitrogen and oxygen atoms in total. The number of benzene rings is 3. The normalized spacial score (nSPS) is 11.7. The highest BCUT2D eigenvalue weighted by Crippen LogP contribution is 2.22. The van der Waals surface area contributed by atoms with E-state index in [-0.39, 0.29) is 17.7 Å². The molecule has 1 N–H and O–H groups in total. The molecule has 0 amide bonds. The van der Waals surface area contributed by atoms with E-state index < -0.39 is 18.0 Å². The Morgan fingerprint density at radius 2 is 1.63 bits per heavy atom. The largest absolute Gasteiger partial charge is 0.497 e. The summed E-state index contributed by atoms with van der Waals surface area (Å²) in [6.45, 7) is 0.625. The molecule has 0 radical (unpaired) electrons. The molecule has 0 bridgehead atoms. The van der Waals surface area contributed by atoms with Crippen molar-refractivity contribution in [3.8, 4) is 11.5 Å². The fourth-order valence-corrected chi connectivity index (χ4v) is 3.63. The smallest absolute Gasteiger partial charge is 0.338 e.